The molecule has 0 bridgehead atoms. The lowest BCUT2D eigenvalue weighted by molar-refractivity contribution is -0.137. The van der Waals surface area contributed by atoms with E-state index in [-0.39, 0.29) is 24.6 Å². The molecule has 2 rings (SSSR count). The molecule has 1 aliphatic rings. The molecule has 1 amide bonds. The van der Waals surface area contributed by atoms with Crippen molar-refractivity contribution in [2.45, 2.75) is 26.2 Å². The maximum absolute atomic E-state index is 12.1. The van der Waals surface area contributed by atoms with Crippen LogP contribution in [0.4, 0.5) is 5.69 Å². The second-order valence-electron chi connectivity index (χ2n) is 5.49. The highest BCUT2D eigenvalue weighted by Crippen LogP contribution is 2.26. The summed E-state index contributed by atoms with van der Waals surface area (Å²) in [5.74, 6) is -1.03. The van der Waals surface area contributed by atoms with Gasteiger partial charge in [0, 0.05) is 25.1 Å². The van der Waals surface area contributed by atoms with E-state index in [1.165, 1.54) is 4.31 Å². The average molecular weight is 340 g/mol. The first-order valence-electron chi connectivity index (χ1n) is 7.42. The van der Waals surface area contributed by atoms with Gasteiger partial charge < -0.3 is 10.4 Å². The smallest absolute Gasteiger partial charge is 0.303 e. The average Bonchev–Trinajstić information content (AvgIpc) is 2.82. The van der Waals surface area contributed by atoms with Crippen molar-refractivity contribution in [1.29, 1.82) is 0 Å². The highest BCUT2D eigenvalue weighted by molar-refractivity contribution is 7.93. The molecule has 7 nitrogen and oxygen atoms in total. The molecule has 1 heterocycles. The fourth-order valence-corrected chi connectivity index (χ4v) is 4.08. The van der Waals surface area contributed by atoms with Crippen LogP contribution in [-0.2, 0) is 14.8 Å². The van der Waals surface area contributed by atoms with E-state index in [1.54, 1.807) is 25.1 Å². The van der Waals surface area contributed by atoms with E-state index in [1.807, 2.05) is 0 Å². The maximum atomic E-state index is 12.1. The number of carbonyl (C=O) groups is 2. The maximum Gasteiger partial charge on any atom is 0.303 e. The second-order valence-corrected chi connectivity index (χ2v) is 7.51. The number of hydrogen-bond donors (Lipinski definition) is 2. The number of hydrogen-bond acceptors (Lipinski definition) is 4. The molecule has 2 N–H and O–H groups in total. The van der Waals surface area contributed by atoms with Crippen molar-refractivity contribution in [3.63, 3.8) is 0 Å². The number of nitrogens with one attached hydrogen (secondary N) is 1. The standard InChI is InChI=1S/C15H20N2O5S/c1-11-10-12(17-8-3-9-23(17,21)22)5-6-13(11)15(20)16-7-2-4-14(18)19/h5-6,10H,2-4,7-9H2,1H3,(H,16,20)(H,18,19). The predicted molar refractivity (Wildman–Crippen MR) is 86.1 cm³/mol. The number of carbonyl (C=O) groups excluding carboxylic acids is 1. The Labute approximate surface area is 135 Å². The van der Waals surface area contributed by atoms with E-state index in [4.69, 9.17) is 5.11 Å². The molecule has 0 atom stereocenters. The first-order valence-corrected chi connectivity index (χ1v) is 9.03. The Bertz CT molecular complexity index is 715. The van der Waals surface area contributed by atoms with Crippen LogP contribution in [0, 0.1) is 6.92 Å². The molecule has 1 aromatic rings. The molecule has 1 aliphatic heterocycles. The lowest BCUT2D eigenvalue weighted by Gasteiger charge is -2.18. The van der Waals surface area contributed by atoms with Crippen LogP contribution < -0.4 is 9.62 Å². The van der Waals surface area contributed by atoms with Gasteiger partial charge in [0.25, 0.3) is 5.91 Å². The normalized spacial score (nSPS) is 16.3. The van der Waals surface area contributed by atoms with Gasteiger partial charge in [0.05, 0.1) is 11.4 Å². The highest BCUT2D eigenvalue weighted by Gasteiger charge is 2.28. The number of rotatable bonds is 6. The minimum Gasteiger partial charge on any atom is -0.481 e. The van der Waals surface area contributed by atoms with Crippen LogP contribution in [-0.4, -0.2) is 44.2 Å². The third kappa shape index (κ3) is 4.22. The van der Waals surface area contributed by atoms with Crippen LogP contribution >= 0.6 is 0 Å². The topological polar surface area (TPSA) is 104 Å². The van der Waals surface area contributed by atoms with Crippen molar-refractivity contribution < 1.29 is 23.1 Å². The van der Waals surface area contributed by atoms with Crippen LogP contribution in [0.25, 0.3) is 0 Å². The lowest BCUT2D eigenvalue weighted by Crippen LogP contribution is -2.27. The van der Waals surface area contributed by atoms with Crippen molar-refractivity contribution in [2.75, 3.05) is 23.1 Å². The molecule has 126 valence electrons. The summed E-state index contributed by atoms with van der Waals surface area (Å²) in [6.07, 6.45) is 0.975. The summed E-state index contributed by atoms with van der Waals surface area (Å²) in [7, 11) is -3.24. The molecule has 1 fully saturated rings. The minimum atomic E-state index is -3.24. The lowest BCUT2D eigenvalue weighted by atomic mass is 10.1. The van der Waals surface area contributed by atoms with Gasteiger partial charge in [-0.25, -0.2) is 8.42 Å². The number of anilines is 1. The molecular weight excluding hydrogens is 320 g/mol. The van der Waals surface area contributed by atoms with Gasteiger partial charge in [0.2, 0.25) is 10.0 Å². The van der Waals surface area contributed by atoms with E-state index < -0.39 is 16.0 Å². The third-order valence-corrected chi connectivity index (χ3v) is 5.56. The third-order valence-electron chi connectivity index (χ3n) is 3.69. The number of carboxylic acid groups (broad SMARTS) is 1. The molecule has 23 heavy (non-hydrogen) atoms. The molecule has 0 saturated carbocycles. The van der Waals surface area contributed by atoms with Gasteiger partial charge in [-0.1, -0.05) is 0 Å². The Kier molecular flexibility index (Phi) is 5.25. The van der Waals surface area contributed by atoms with Gasteiger partial charge in [0.15, 0.2) is 0 Å². The number of carboxylic acids is 1. The van der Waals surface area contributed by atoms with Crippen molar-refractivity contribution in [2.24, 2.45) is 0 Å². The van der Waals surface area contributed by atoms with Gasteiger partial charge in [0.1, 0.15) is 0 Å². The predicted octanol–water partition coefficient (Wildman–Crippen LogP) is 1.13. The van der Waals surface area contributed by atoms with Gasteiger partial charge in [-0.05, 0) is 43.5 Å². The number of aliphatic carboxylic acids is 1. The summed E-state index contributed by atoms with van der Waals surface area (Å²) in [5, 5.41) is 11.2. The number of amides is 1. The molecule has 0 unspecified atom stereocenters. The van der Waals surface area contributed by atoms with Crippen LogP contribution in [0.1, 0.15) is 35.2 Å². The van der Waals surface area contributed by atoms with Gasteiger partial charge in [-0.3, -0.25) is 13.9 Å². The van der Waals surface area contributed by atoms with E-state index in [0.717, 1.165) is 0 Å². The Morgan fingerprint density at radius 2 is 2.09 bits per heavy atom. The van der Waals surface area contributed by atoms with Crippen LogP contribution in [0.2, 0.25) is 0 Å². The molecule has 0 spiro atoms. The van der Waals surface area contributed by atoms with E-state index in [0.29, 0.717) is 36.2 Å². The molecule has 0 aliphatic carbocycles. The summed E-state index contributed by atoms with van der Waals surface area (Å²) in [6, 6.07) is 4.92. The molecule has 0 aromatic heterocycles. The SMILES string of the molecule is Cc1cc(N2CCCS2(=O)=O)ccc1C(=O)NCCCC(=O)O. The van der Waals surface area contributed by atoms with Crippen molar-refractivity contribution in [3.05, 3.63) is 29.3 Å². The monoisotopic (exact) mass is 340 g/mol. The van der Waals surface area contributed by atoms with E-state index in [2.05, 4.69) is 5.32 Å². The summed E-state index contributed by atoms with van der Waals surface area (Å²) in [4.78, 5) is 22.5. The largest absolute Gasteiger partial charge is 0.481 e. The Balaban J connectivity index is 2.04. The Morgan fingerprint density at radius 3 is 2.65 bits per heavy atom. The summed E-state index contributed by atoms with van der Waals surface area (Å²) in [6.45, 7) is 2.49. The van der Waals surface area contributed by atoms with Gasteiger partial charge >= 0.3 is 5.97 Å². The van der Waals surface area contributed by atoms with Crippen molar-refractivity contribution in [1.82, 2.24) is 5.32 Å². The van der Waals surface area contributed by atoms with Crippen LogP contribution in [0.5, 0.6) is 0 Å². The van der Waals surface area contributed by atoms with Gasteiger partial charge in [-0.15, -0.1) is 0 Å². The molecule has 1 saturated heterocycles. The fraction of sp³-hybridized carbons (Fsp3) is 0.467. The second kappa shape index (κ2) is 6.99. The van der Waals surface area contributed by atoms with Crippen molar-refractivity contribution >= 4 is 27.6 Å². The Morgan fingerprint density at radius 1 is 1.35 bits per heavy atom. The quantitative estimate of drug-likeness (QED) is 0.756. The van der Waals surface area contributed by atoms with E-state index >= 15 is 0 Å². The molecule has 0 radical (unpaired) electrons. The number of nitrogens with zero attached hydrogens (tertiary/aromatic N) is 1. The number of sulfonamides is 1. The highest BCUT2D eigenvalue weighted by atomic mass is 32.2. The van der Waals surface area contributed by atoms with Crippen LogP contribution in [0.3, 0.4) is 0 Å². The summed E-state index contributed by atoms with van der Waals surface area (Å²) >= 11 is 0. The minimum absolute atomic E-state index is 0.00498. The molecule has 8 heteroatoms. The van der Waals surface area contributed by atoms with Gasteiger partial charge in [-0.2, -0.15) is 0 Å². The Hall–Kier alpha value is -2.09. The zero-order valence-corrected chi connectivity index (χ0v) is 13.7. The van der Waals surface area contributed by atoms with Crippen LogP contribution in [0.15, 0.2) is 18.2 Å². The molecular formula is C15H20N2O5S. The summed E-state index contributed by atoms with van der Waals surface area (Å²) < 4.78 is 25.2. The zero-order valence-electron chi connectivity index (χ0n) is 12.9. The zero-order chi connectivity index (χ0) is 17.0. The van der Waals surface area contributed by atoms with E-state index in [9.17, 15) is 18.0 Å². The summed E-state index contributed by atoms with van der Waals surface area (Å²) in [5.41, 5.74) is 1.71. The van der Waals surface area contributed by atoms with Crippen molar-refractivity contribution in [3.8, 4) is 0 Å². The fourth-order valence-electron chi connectivity index (χ4n) is 2.52. The molecule has 1 aromatic carbocycles. The first kappa shape index (κ1) is 17.3. The number of aryl methyl sites for hydroxylation is 1. The number of benzene rings is 1. The first-order chi connectivity index (χ1) is 10.8.